The minimum Gasteiger partial charge on any atom is -0.486 e. The monoisotopic (exact) mass is 423 g/mol. The van der Waals surface area contributed by atoms with Crippen LogP contribution < -0.4 is 14.4 Å². The molecule has 0 radical (unpaired) electrons. The number of carbonyl (C=O) groups is 1. The number of carbonyl (C=O) groups excluding carboxylic acids is 1. The fraction of sp³-hybridized carbons (Fsp3) is 0.238. The van der Waals surface area contributed by atoms with Gasteiger partial charge in [0.15, 0.2) is 11.5 Å². The van der Waals surface area contributed by atoms with Gasteiger partial charge in [-0.15, -0.1) is 5.10 Å². The molecule has 0 spiro atoms. The number of ether oxygens (including phenoxy) is 2. The topological polar surface area (TPSA) is 82.4 Å². The molecule has 8 nitrogen and oxygen atoms in total. The van der Waals surface area contributed by atoms with Gasteiger partial charge >= 0.3 is 0 Å². The minimum atomic E-state index is -0.0580. The fourth-order valence-corrected chi connectivity index (χ4v) is 3.68. The smallest absolute Gasteiger partial charge is 0.237 e. The quantitative estimate of drug-likeness (QED) is 0.541. The van der Waals surface area contributed by atoms with Gasteiger partial charge in [0.25, 0.3) is 0 Å². The summed E-state index contributed by atoms with van der Waals surface area (Å²) >= 11 is 1.30. The van der Waals surface area contributed by atoms with E-state index in [9.17, 15) is 4.79 Å². The zero-order valence-corrected chi connectivity index (χ0v) is 17.3. The van der Waals surface area contributed by atoms with Crippen molar-refractivity contribution >= 4 is 29.4 Å². The van der Waals surface area contributed by atoms with E-state index in [2.05, 4.69) is 15.5 Å². The summed E-state index contributed by atoms with van der Waals surface area (Å²) in [6, 6.07) is 15.5. The van der Waals surface area contributed by atoms with Crippen molar-refractivity contribution in [3.05, 3.63) is 60.2 Å². The third-order valence-electron chi connectivity index (χ3n) is 4.44. The molecule has 0 N–H and O–H groups in total. The molecule has 154 valence electrons. The number of thioether (sulfide) groups is 1. The van der Waals surface area contributed by atoms with E-state index in [1.54, 1.807) is 16.6 Å². The Morgan fingerprint density at radius 2 is 1.97 bits per heavy atom. The predicted molar refractivity (Wildman–Crippen MR) is 115 cm³/mol. The maximum Gasteiger partial charge on any atom is 0.237 e. The van der Waals surface area contributed by atoms with E-state index >= 15 is 0 Å². The van der Waals surface area contributed by atoms with Crippen LogP contribution in [0, 0.1) is 0 Å². The SMILES string of the molecule is Cn1nnnc1SCC(=O)N(CC=Cc1ccccc1)c1ccc2c(c1)OCCO2. The van der Waals surface area contributed by atoms with E-state index in [0.29, 0.717) is 36.4 Å². The van der Waals surface area contributed by atoms with E-state index in [4.69, 9.17) is 9.47 Å². The molecule has 2 aromatic carbocycles. The van der Waals surface area contributed by atoms with Crippen LogP contribution in [0.4, 0.5) is 5.69 Å². The second kappa shape index (κ2) is 9.45. The summed E-state index contributed by atoms with van der Waals surface area (Å²) in [6.45, 7) is 1.44. The van der Waals surface area contributed by atoms with Gasteiger partial charge in [0.1, 0.15) is 13.2 Å². The highest BCUT2D eigenvalue weighted by Gasteiger charge is 2.20. The lowest BCUT2D eigenvalue weighted by atomic mass is 10.2. The van der Waals surface area contributed by atoms with Crippen molar-refractivity contribution < 1.29 is 14.3 Å². The first-order valence-electron chi connectivity index (χ1n) is 9.47. The number of rotatable bonds is 7. The Morgan fingerprint density at radius 3 is 2.73 bits per heavy atom. The Hall–Kier alpha value is -3.33. The molecule has 2 heterocycles. The summed E-state index contributed by atoms with van der Waals surface area (Å²) in [4.78, 5) is 14.8. The summed E-state index contributed by atoms with van der Waals surface area (Å²) in [5.41, 5.74) is 1.82. The minimum absolute atomic E-state index is 0.0580. The Morgan fingerprint density at radius 1 is 1.17 bits per heavy atom. The van der Waals surface area contributed by atoms with Crippen LogP contribution in [0.25, 0.3) is 6.08 Å². The summed E-state index contributed by atoms with van der Waals surface area (Å²) in [7, 11) is 1.74. The predicted octanol–water partition coefficient (Wildman–Crippen LogP) is 2.82. The summed E-state index contributed by atoms with van der Waals surface area (Å²) in [6.07, 6.45) is 3.97. The molecule has 0 bridgehead atoms. The number of anilines is 1. The van der Waals surface area contributed by atoms with Gasteiger partial charge in [0.05, 0.1) is 5.75 Å². The van der Waals surface area contributed by atoms with Crippen LogP contribution in [0.3, 0.4) is 0 Å². The average molecular weight is 423 g/mol. The van der Waals surface area contributed by atoms with Gasteiger partial charge in [-0.25, -0.2) is 4.68 Å². The van der Waals surface area contributed by atoms with Crippen LogP contribution in [-0.2, 0) is 11.8 Å². The van der Waals surface area contributed by atoms with Crippen molar-refractivity contribution in [2.45, 2.75) is 5.16 Å². The molecule has 0 unspecified atom stereocenters. The summed E-state index contributed by atoms with van der Waals surface area (Å²) in [5, 5.41) is 11.9. The number of aromatic nitrogens is 4. The van der Waals surface area contributed by atoms with Crippen LogP contribution in [0.1, 0.15) is 5.56 Å². The largest absolute Gasteiger partial charge is 0.486 e. The highest BCUT2D eigenvalue weighted by atomic mass is 32.2. The number of hydrogen-bond acceptors (Lipinski definition) is 7. The number of amides is 1. The lowest BCUT2D eigenvalue weighted by molar-refractivity contribution is -0.116. The van der Waals surface area contributed by atoms with E-state index in [-0.39, 0.29) is 11.7 Å². The van der Waals surface area contributed by atoms with Crippen LogP contribution in [0.2, 0.25) is 0 Å². The maximum atomic E-state index is 13.1. The number of benzene rings is 2. The van der Waals surface area contributed by atoms with Crippen molar-refractivity contribution in [1.82, 2.24) is 20.2 Å². The molecule has 0 saturated carbocycles. The van der Waals surface area contributed by atoms with Gasteiger partial charge in [-0.3, -0.25) is 4.79 Å². The molecule has 3 aromatic rings. The molecule has 0 fully saturated rings. The Labute approximate surface area is 178 Å². The molecular weight excluding hydrogens is 402 g/mol. The van der Waals surface area contributed by atoms with E-state index < -0.39 is 0 Å². The first kappa shape index (κ1) is 20.0. The third kappa shape index (κ3) is 4.80. The van der Waals surface area contributed by atoms with Crippen molar-refractivity contribution in [3.63, 3.8) is 0 Å². The number of aryl methyl sites for hydroxylation is 1. The van der Waals surface area contributed by atoms with Crippen LogP contribution in [0.15, 0.2) is 59.8 Å². The molecule has 0 aliphatic carbocycles. The Balaban J connectivity index is 1.53. The highest BCUT2D eigenvalue weighted by Crippen LogP contribution is 2.34. The van der Waals surface area contributed by atoms with Gasteiger partial charge in [0.2, 0.25) is 11.1 Å². The average Bonchev–Trinajstić information content (AvgIpc) is 3.20. The third-order valence-corrected chi connectivity index (χ3v) is 5.44. The van der Waals surface area contributed by atoms with Crippen molar-refractivity contribution in [2.75, 3.05) is 30.4 Å². The van der Waals surface area contributed by atoms with Gasteiger partial charge in [-0.05, 0) is 28.1 Å². The van der Waals surface area contributed by atoms with Gasteiger partial charge in [-0.1, -0.05) is 54.2 Å². The van der Waals surface area contributed by atoms with Crippen LogP contribution in [-0.4, -0.2) is 51.6 Å². The lowest BCUT2D eigenvalue weighted by Crippen LogP contribution is -2.32. The van der Waals surface area contributed by atoms with E-state index in [1.807, 2.05) is 60.7 Å². The normalized spacial score (nSPS) is 12.8. The Kier molecular flexibility index (Phi) is 6.29. The van der Waals surface area contributed by atoms with E-state index in [0.717, 1.165) is 11.3 Å². The molecule has 9 heteroatoms. The van der Waals surface area contributed by atoms with Crippen LogP contribution in [0.5, 0.6) is 11.5 Å². The zero-order chi connectivity index (χ0) is 20.8. The molecule has 1 aliphatic rings. The maximum absolute atomic E-state index is 13.1. The number of tetrazole rings is 1. The standard InChI is InChI=1S/C21H21N5O3S/c1-25-21(22-23-24-25)30-15-20(27)26(11-5-8-16-6-3-2-4-7-16)17-9-10-18-19(14-17)29-13-12-28-18/h2-10,14H,11-13,15H2,1H3. The number of fused-ring (bicyclic) bond motifs is 1. The second-order valence-electron chi connectivity index (χ2n) is 6.52. The molecular formula is C21H21N5O3S. The van der Waals surface area contributed by atoms with Gasteiger partial charge in [0, 0.05) is 25.3 Å². The summed E-state index contributed by atoms with van der Waals surface area (Å²) in [5.74, 6) is 1.49. The van der Waals surface area contributed by atoms with Crippen molar-refractivity contribution in [1.29, 1.82) is 0 Å². The number of hydrogen-bond donors (Lipinski definition) is 0. The summed E-state index contributed by atoms with van der Waals surface area (Å²) < 4.78 is 12.8. The zero-order valence-electron chi connectivity index (χ0n) is 16.5. The Bertz CT molecular complexity index is 1040. The molecule has 30 heavy (non-hydrogen) atoms. The second-order valence-corrected chi connectivity index (χ2v) is 7.46. The first-order valence-corrected chi connectivity index (χ1v) is 10.5. The molecule has 1 aromatic heterocycles. The molecule has 0 atom stereocenters. The molecule has 0 saturated heterocycles. The molecule has 1 amide bonds. The van der Waals surface area contributed by atoms with E-state index in [1.165, 1.54) is 11.8 Å². The van der Waals surface area contributed by atoms with Gasteiger partial charge < -0.3 is 14.4 Å². The molecule has 1 aliphatic heterocycles. The highest BCUT2D eigenvalue weighted by molar-refractivity contribution is 7.99. The van der Waals surface area contributed by atoms with Gasteiger partial charge in [-0.2, -0.15) is 0 Å². The van der Waals surface area contributed by atoms with Crippen LogP contribution >= 0.6 is 11.8 Å². The van der Waals surface area contributed by atoms with Crippen molar-refractivity contribution in [3.8, 4) is 11.5 Å². The number of nitrogens with zero attached hydrogens (tertiary/aromatic N) is 5. The fourth-order valence-electron chi connectivity index (χ4n) is 2.96. The first-order chi connectivity index (χ1) is 14.7. The van der Waals surface area contributed by atoms with Crippen molar-refractivity contribution in [2.24, 2.45) is 7.05 Å². The lowest BCUT2D eigenvalue weighted by Gasteiger charge is -2.24. The molecule has 4 rings (SSSR count).